The van der Waals surface area contributed by atoms with Crippen LogP contribution in [0, 0.1) is 5.82 Å². The molecular weight excluding hydrogens is 565 g/mol. The molecule has 0 fully saturated rings. The number of carbonyl (C=O) groups excluding carboxylic acids is 1. The molecule has 8 nitrogen and oxygen atoms in total. The first-order valence-corrected chi connectivity index (χ1v) is 14.8. The molecule has 2 aromatic carbocycles. The molecule has 0 amide bonds. The van der Waals surface area contributed by atoms with E-state index in [9.17, 15) is 22.6 Å². The third-order valence-electron chi connectivity index (χ3n) is 6.03. The van der Waals surface area contributed by atoms with Crippen molar-refractivity contribution in [1.29, 1.82) is 0 Å². The Kier molecular flexibility index (Phi) is 10.1. The Morgan fingerprint density at radius 2 is 1.79 bits per heavy atom. The first-order chi connectivity index (χ1) is 18.2. The predicted octanol–water partition coefficient (Wildman–Crippen LogP) is 3.85. The number of benzene rings is 2. The number of hydrogen-bond donors (Lipinski definition) is 3. The number of nitrogens with zero attached hydrogens (tertiary/aromatic N) is 1. The second-order valence-corrected chi connectivity index (χ2v) is 13.3. The van der Waals surface area contributed by atoms with Gasteiger partial charge in [-0.2, -0.15) is 0 Å². The molecule has 2 atom stereocenters. The van der Waals surface area contributed by atoms with Crippen LogP contribution in [0.2, 0.25) is 5.02 Å². The van der Waals surface area contributed by atoms with E-state index in [1.165, 1.54) is 28.8 Å². The molecule has 0 aliphatic carbocycles. The Balaban J connectivity index is 2.24. The number of pyridine rings is 1. The van der Waals surface area contributed by atoms with Gasteiger partial charge < -0.3 is 9.12 Å². The van der Waals surface area contributed by atoms with Gasteiger partial charge in [-0.25, -0.2) is 17.5 Å². The van der Waals surface area contributed by atoms with Gasteiger partial charge in [-0.3, -0.25) is 9.59 Å². The van der Waals surface area contributed by atoms with Crippen LogP contribution in [0.15, 0.2) is 53.5 Å². The Bertz CT molecular complexity index is 1490. The second kappa shape index (κ2) is 12.8. The minimum absolute atomic E-state index is 0.0283. The van der Waals surface area contributed by atoms with Gasteiger partial charge in [-0.05, 0) is 87.2 Å². The Morgan fingerprint density at radius 3 is 2.38 bits per heavy atom. The van der Waals surface area contributed by atoms with Crippen LogP contribution in [0.25, 0.3) is 11.1 Å². The standard InChI is InChI=1S/C27H31ClFN3O5S2/c1-16(31-38(35)27(2,3)4)20-14-25(33)32(5)15-23(20)21-12-18(10-11-30-39(36)37)24(29)13-22(21)26(34)17-6-8-19(28)9-7-17/h6-9,12-16,31,39H,10-11H2,1-5H3,(H,30,36,37)/t16?,38-/m0/s1. The molecule has 0 saturated heterocycles. The topological polar surface area (TPSA) is 120 Å². The Morgan fingerprint density at radius 1 is 1.15 bits per heavy atom. The number of rotatable bonds is 10. The minimum Gasteiger partial charge on any atom is -0.598 e. The third kappa shape index (κ3) is 7.77. The quantitative estimate of drug-likeness (QED) is 0.186. The van der Waals surface area contributed by atoms with Crippen molar-refractivity contribution in [2.24, 2.45) is 7.05 Å². The zero-order valence-corrected chi connectivity index (χ0v) is 24.7. The van der Waals surface area contributed by atoms with E-state index in [0.29, 0.717) is 21.7 Å². The summed E-state index contributed by atoms with van der Waals surface area (Å²) >= 11 is 4.51. The zero-order valence-electron chi connectivity index (χ0n) is 22.2. The molecule has 3 rings (SSSR count). The summed E-state index contributed by atoms with van der Waals surface area (Å²) < 4.78 is 56.0. The Hall–Kier alpha value is -2.54. The number of thiol groups is 1. The van der Waals surface area contributed by atoms with Crippen LogP contribution in [0.3, 0.4) is 0 Å². The van der Waals surface area contributed by atoms with Crippen molar-refractivity contribution < 1.29 is 22.2 Å². The SMILES string of the molecule is CC(N[S@@+]([O-])C(C)(C)C)c1cc(=O)n(C)cc1-c1cc(CCN[SH](=O)=O)c(F)cc1C(=O)c1ccc(Cl)cc1. The molecule has 0 bridgehead atoms. The van der Waals surface area contributed by atoms with E-state index in [-0.39, 0.29) is 35.2 Å². The monoisotopic (exact) mass is 595 g/mol. The van der Waals surface area contributed by atoms with Crippen LogP contribution in [0.1, 0.15) is 60.8 Å². The van der Waals surface area contributed by atoms with Gasteiger partial charge in [-0.15, -0.1) is 4.72 Å². The third-order valence-corrected chi connectivity index (χ3v) is 8.44. The fourth-order valence-corrected chi connectivity index (χ4v) is 5.11. The van der Waals surface area contributed by atoms with Crippen molar-refractivity contribution in [3.05, 3.63) is 92.1 Å². The van der Waals surface area contributed by atoms with E-state index in [0.717, 1.165) is 6.07 Å². The van der Waals surface area contributed by atoms with Crippen LogP contribution >= 0.6 is 11.6 Å². The lowest BCUT2D eigenvalue weighted by molar-refractivity contribution is 0.103. The molecule has 0 saturated carbocycles. The van der Waals surface area contributed by atoms with E-state index in [1.54, 1.807) is 32.3 Å². The number of nitrogens with one attached hydrogen (secondary N) is 2. The highest BCUT2D eigenvalue weighted by Gasteiger charge is 2.30. The van der Waals surface area contributed by atoms with Gasteiger partial charge in [0.15, 0.2) is 5.78 Å². The maximum absolute atomic E-state index is 15.3. The Labute approximate surface area is 237 Å². The highest BCUT2D eigenvalue weighted by atomic mass is 35.5. The van der Waals surface area contributed by atoms with Crippen LogP contribution in [-0.4, -0.2) is 34.6 Å². The number of hydrogen-bond acceptors (Lipinski definition) is 6. The lowest BCUT2D eigenvalue weighted by Gasteiger charge is -2.27. The van der Waals surface area contributed by atoms with E-state index in [2.05, 4.69) is 9.44 Å². The van der Waals surface area contributed by atoms with Crippen molar-refractivity contribution in [1.82, 2.24) is 14.0 Å². The zero-order chi connectivity index (χ0) is 29.1. The van der Waals surface area contributed by atoms with Crippen LogP contribution < -0.4 is 15.0 Å². The molecular formula is C27H31ClFN3O5S2. The molecule has 0 radical (unpaired) electrons. The summed E-state index contributed by atoms with van der Waals surface area (Å²) in [4.78, 5) is 26.3. The molecule has 0 aliphatic rings. The van der Waals surface area contributed by atoms with Crippen molar-refractivity contribution in [2.75, 3.05) is 6.54 Å². The smallest absolute Gasteiger partial charge is 0.250 e. The lowest BCUT2D eigenvalue weighted by atomic mass is 9.88. The highest BCUT2D eigenvalue weighted by Crippen LogP contribution is 2.34. The summed E-state index contributed by atoms with van der Waals surface area (Å²) in [5, 5.41) is 0.435. The van der Waals surface area contributed by atoms with Gasteiger partial charge in [0.2, 0.25) is 10.9 Å². The molecule has 1 aromatic heterocycles. The summed E-state index contributed by atoms with van der Waals surface area (Å²) in [5.41, 5.74) is 1.47. The van der Waals surface area contributed by atoms with Gasteiger partial charge in [0, 0.05) is 58.9 Å². The highest BCUT2D eigenvalue weighted by molar-refractivity contribution is 7.90. The van der Waals surface area contributed by atoms with Crippen molar-refractivity contribution in [3.8, 4) is 11.1 Å². The van der Waals surface area contributed by atoms with E-state index in [1.807, 2.05) is 20.8 Å². The van der Waals surface area contributed by atoms with Crippen LogP contribution in [-0.2, 0) is 35.7 Å². The van der Waals surface area contributed by atoms with Crippen molar-refractivity contribution >= 4 is 39.6 Å². The van der Waals surface area contributed by atoms with Crippen LogP contribution in [0.5, 0.6) is 0 Å². The van der Waals surface area contributed by atoms with E-state index in [4.69, 9.17) is 11.6 Å². The van der Waals surface area contributed by atoms with Gasteiger partial charge in [0.25, 0.3) is 5.56 Å². The summed E-state index contributed by atoms with van der Waals surface area (Å²) in [6, 6.07) is 9.62. The van der Waals surface area contributed by atoms with Gasteiger partial charge in [0.05, 0.1) is 6.04 Å². The lowest BCUT2D eigenvalue weighted by Crippen LogP contribution is -2.41. The number of halogens is 2. The molecule has 1 heterocycles. The summed E-state index contributed by atoms with van der Waals surface area (Å²) in [6.07, 6.45) is 1.58. The molecule has 2 N–H and O–H groups in total. The molecule has 0 spiro atoms. The van der Waals surface area contributed by atoms with E-state index < -0.39 is 44.6 Å². The maximum atomic E-state index is 15.3. The molecule has 3 aromatic rings. The van der Waals surface area contributed by atoms with Crippen LogP contribution in [0.4, 0.5) is 4.39 Å². The first-order valence-electron chi connectivity index (χ1n) is 12.1. The number of carbonyl (C=O) groups is 1. The van der Waals surface area contributed by atoms with Gasteiger partial charge >= 0.3 is 0 Å². The average Bonchev–Trinajstić information content (AvgIpc) is 2.85. The summed E-state index contributed by atoms with van der Waals surface area (Å²) in [5.74, 6) is -1.14. The fraction of sp³-hybridized carbons (Fsp3) is 0.333. The van der Waals surface area contributed by atoms with Crippen molar-refractivity contribution in [3.63, 3.8) is 0 Å². The number of ketones is 1. The second-order valence-electron chi connectivity index (χ2n) is 10.1. The van der Waals surface area contributed by atoms with E-state index >= 15 is 4.39 Å². The number of aryl methyl sites for hydroxylation is 1. The predicted molar refractivity (Wildman–Crippen MR) is 153 cm³/mol. The molecule has 39 heavy (non-hydrogen) atoms. The maximum Gasteiger partial charge on any atom is 0.250 e. The summed E-state index contributed by atoms with van der Waals surface area (Å²) in [6.45, 7) is 7.15. The molecule has 12 heteroatoms. The molecule has 210 valence electrons. The summed E-state index contributed by atoms with van der Waals surface area (Å²) in [7, 11) is -1.30. The number of aromatic nitrogens is 1. The molecule has 1 unspecified atom stereocenters. The van der Waals surface area contributed by atoms with Gasteiger partial charge in [0.1, 0.15) is 10.6 Å². The first kappa shape index (κ1) is 31.0. The largest absolute Gasteiger partial charge is 0.598 e. The minimum atomic E-state index is -2.86. The van der Waals surface area contributed by atoms with Gasteiger partial charge in [-0.1, -0.05) is 11.6 Å². The average molecular weight is 596 g/mol. The van der Waals surface area contributed by atoms with Crippen molar-refractivity contribution in [2.45, 2.75) is 44.9 Å². The fourth-order valence-electron chi connectivity index (χ4n) is 3.89. The molecule has 0 aliphatic heterocycles. The normalized spacial score (nSPS) is 13.5.